The molecule has 2 rings (SSSR count). The monoisotopic (exact) mass is 365 g/mol. The van der Waals surface area contributed by atoms with Crippen molar-refractivity contribution in [3.63, 3.8) is 0 Å². The highest BCUT2D eigenvalue weighted by Gasteiger charge is 2.15. The minimum absolute atomic E-state index is 0.0934. The summed E-state index contributed by atoms with van der Waals surface area (Å²) < 4.78 is 1.85. The van der Waals surface area contributed by atoms with Crippen LogP contribution in [0.4, 0.5) is 0 Å². The maximum Gasteiger partial charge on any atom is 0.248 e. The average molecular weight is 366 g/mol. The number of thioether (sulfide) groups is 1. The Balaban J connectivity index is 2.13. The van der Waals surface area contributed by atoms with Crippen molar-refractivity contribution in [3.8, 4) is 11.4 Å². The molecule has 1 aromatic heterocycles. The van der Waals surface area contributed by atoms with Gasteiger partial charge >= 0.3 is 0 Å². The van der Waals surface area contributed by atoms with E-state index in [1.165, 1.54) is 18.7 Å². The molecule has 0 aliphatic rings. The molecular formula is C15H16ClN5O2S. The molecule has 2 N–H and O–H groups in total. The van der Waals surface area contributed by atoms with Gasteiger partial charge < -0.3 is 0 Å². The van der Waals surface area contributed by atoms with Gasteiger partial charge in [0.2, 0.25) is 11.8 Å². The predicted octanol–water partition coefficient (Wildman–Crippen LogP) is 2.04. The molecule has 9 heteroatoms. The van der Waals surface area contributed by atoms with Gasteiger partial charge in [-0.25, -0.2) is 0 Å². The van der Waals surface area contributed by atoms with E-state index < -0.39 is 0 Å². The average Bonchev–Trinajstić information content (AvgIpc) is 2.95. The molecule has 0 fully saturated rings. The third-order valence-electron chi connectivity index (χ3n) is 2.84. The topological polar surface area (TPSA) is 88.9 Å². The summed E-state index contributed by atoms with van der Waals surface area (Å²) in [6, 6.07) is 7.25. The molecular weight excluding hydrogens is 350 g/mol. The maximum absolute atomic E-state index is 11.7. The van der Waals surface area contributed by atoms with Crippen molar-refractivity contribution in [2.24, 2.45) is 0 Å². The SMILES string of the molecule is C=CCn1c(SCC(=O)NNC(C)=O)nnc1-c1ccc(Cl)cc1. The second kappa shape index (κ2) is 8.51. The van der Waals surface area contributed by atoms with Crippen LogP contribution in [0.1, 0.15) is 6.92 Å². The first-order valence-electron chi connectivity index (χ1n) is 6.99. The molecule has 1 heterocycles. The van der Waals surface area contributed by atoms with Gasteiger partial charge in [-0.15, -0.1) is 16.8 Å². The Morgan fingerprint density at radius 1 is 1.29 bits per heavy atom. The van der Waals surface area contributed by atoms with Crippen molar-refractivity contribution in [1.29, 1.82) is 0 Å². The molecule has 0 atom stereocenters. The van der Waals surface area contributed by atoms with Crippen LogP contribution < -0.4 is 10.9 Å². The molecule has 0 unspecified atom stereocenters. The summed E-state index contributed by atoms with van der Waals surface area (Å²) in [5.74, 6) is 0.0804. The van der Waals surface area contributed by atoms with Crippen LogP contribution in [0, 0.1) is 0 Å². The largest absolute Gasteiger partial charge is 0.298 e. The number of hydrazine groups is 1. The third kappa shape index (κ3) is 4.84. The molecule has 0 aliphatic heterocycles. The number of benzene rings is 1. The third-order valence-corrected chi connectivity index (χ3v) is 4.06. The second-order valence-electron chi connectivity index (χ2n) is 4.73. The molecule has 24 heavy (non-hydrogen) atoms. The van der Waals surface area contributed by atoms with E-state index in [-0.39, 0.29) is 17.6 Å². The standard InChI is InChI=1S/C15H16ClN5O2S/c1-3-8-21-14(11-4-6-12(16)7-5-11)19-20-15(21)24-9-13(23)18-17-10(2)22/h3-7H,1,8-9H2,2H3,(H,17,22)(H,18,23). The van der Waals surface area contributed by atoms with Gasteiger partial charge in [0.05, 0.1) is 5.75 Å². The van der Waals surface area contributed by atoms with Crippen LogP contribution >= 0.6 is 23.4 Å². The normalized spacial score (nSPS) is 10.2. The Kier molecular flexibility index (Phi) is 6.39. The summed E-state index contributed by atoms with van der Waals surface area (Å²) in [5.41, 5.74) is 5.40. The fourth-order valence-corrected chi connectivity index (χ4v) is 2.70. The zero-order chi connectivity index (χ0) is 17.5. The highest BCUT2D eigenvalue weighted by Crippen LogP contribution is 2.25. The lowest BCUT2D eigenvalue weighted by atomic mass is 10.2. The Morgan fingerprint density at radius 2 is 2.00 bits per heavy atom. The van der Waals surface area contributed by atoms with Crippen LogP contribution in [0.3, 0.4) is 0 Å². The number of allylic oxidation sites excluding steroid dienone is 1. The van der Waals surface area contributed by atoms with E-state index in [4.69, 9.17) is 11.6 Å². The van der Waals surface area contributed by atoms with Gasteiger partial charge in [0.25, 0.3) is 0 Å². The Morgan fingerprint density at radius 3 is 2.62 bits per heavy atom. The molecule has 1 aromatic carbocycles. The first-order valence-corrected chi connectivity index (χ1v) is 8.36. The van der Waals surface area contributed by atoms with E-state index in [2.05, 4.69) is 27.6 Å². The minimum Gasteiger partial charge on any atom is -0.298 e. The molecule has 0 saturated carbocycles. The quantitative estimate of drug-likeness (QED) is 0.464. The molecule has 0 saturated heterocycles. The van der Waals surface area contributed by atoms with Gasteiger partial charge in [-0.2, -0.15) is 0 Å². The summed E-state index contributed by atoms with van der Waals surface area (Å²) in [7, 11) is 0. The Bertz CT molecular complexity index is 745. The second-order valence-corrected chi connectivity index (χ2v) is 6.11. The first-order chi connectivity index (χ1) is 11.5. The fraction of sp³-hybridized carbons (Fsp3) is 0.200. The molecule has 7 nitrogen and oxygen atoms in total. The summed E-state index contributed by atoms with van der Waals surface area (Å²) in [4.78, 5) is 22.4. The summed E-state index contributed by atoms with van der Waals surface area (Å²) in [6.45, 7) is 5.55. The number of carbonyl (C=O) groups excluding carboxylic acids is 2. The number of aromatic nitrogens is 3. The van der Waals surface area contributed by atoms with Crippen molar-refractivity contribution >= 4 is 35.2 Å². The number of nitrogens with zero attached hydrogens (tertiary/aromatic N) is 3. The van der Waals surface area contributed by atoms with Crippen molar-refractivity contribution in [2.45, 2.75) is 18.6 Å². The van der Waals surface area contributed by atoms with Crippen LogP contribution in [0.2, 0.25) is 5.02 Å². The highest BCUT2D eigenvalue weighted by molar-refractivity contribution is 7.99. The van der Waals surface area contributed by atoms with Gasteiger partial charge in [0.15, 0.2) is 11.0 Å². The number of hydrogen-bond acceptors (Lipinski definition) is 5. The lowest BCUT2D eigenvalue weighted by molar-refractivity contribution is -0.126. The Labute approximate surface area is 148 Å². The van der Waals surface area contributed by atoms with Crippen LogP contribution in [-0.2, 0) is 16.1 Å². The van der Waals surface area contributed by atoms with E-state index in [0.717, 1.165) is 5.56 Å². The fourth-order valence-electron chi connectivity index (χ4n) is 1.83. The van der Waals surface area contributed by atoms with Gasteiger partial charge in [-0.05, 0) is 24.3 Å². The number of amides is 2. The molecule has 0 radical (unpaired) electrons. The molecule has 0 bridgehead atoms. The van der Waals surface area contributed by atoms with Crippen molar-refractivity contribution < 1.29 is 9.59 Å². The van der Waals surface area contributed by atoms with Crippen molar-refractivity contribution in [2.75, 3.05) is 5.75 Å². The number of carbonyl (C=O) groups is 2. The minimum atomic E-state index is -0.340. The van der Waals surface area contributed by atoms with Gasteiger partial charge in [-0.3, -0.25) is 25.0 Å². The lowest BCUT2D eigenvalue weighted by Gasteiger charge is -2.08. The van der Waals surface area contributed by atoms with E-state index in [1.54, 1.807) is 18.2 Å². The van der Waals surface area contributed by atoms with Gasteiger partial charge in [0.1, 0.15) is 0 Å². The zero-order valence-electron chi connectivity index (χ0n) is 13.0. The van der Waals surface area contributed by atoms with E-state index in [0.29, 0.717) is 22.5 Å². The number of halogens is 1. The van der Waals surface area contributed by atoms with Crippen LogP contribution in [0.15, 0.2) is 42.1 Å². The zero-order valence-corrected chi connectivity index (χ0v) is 14.5. The lowest BCUT2D eigenvalue weighted by Crippen LogP contribution is -2.41. The molecule has 2 amide bonds. The molecule has 2 aromatic rings. The molecule has 0 aliphatic carbocycles. The van der Waals surface area contributed by atoms with E-state index >= 15 is 0 Å². The van der Waals surface area contributed by atoms with Crippen molar-refractivity contribution in [1.82, 2.24) is 25.6 Å². The van der Waals surface area contributed by atoms with E-state index in [9.17, 15) is 9.59 Å². The highest BCUT2D eigenvalue weighted by atomic mass is 35.5. The summed E-state index contributed by atoms with van der Waals surface area (Å²) in [6.07, 6.45) is 1.73. The summed E-state index contributed by atoms with van der Waals surface area (Å²) in [5, 5.41) is 9.53. The first kappa shape index (κ1) is 18.0. The smallest absolute Gasteiger partial charge is 0.248 e. The van der Waals surface area contributed by atoms with Crippen LogP contribution in [0.25, 0.3) is 11.4 Å². The van der Waals surface area contributed by atoms with E-state index in [1.807, 2.05) is 16.7 Å². The molecule has 126 valence electrons. The van der Waals surface area contributed by atoms with Gasteiger partial charge in [0, 0.05) is 24.1 Å². The van der Waals surface area contributed by atoms with Crippen molar-refractivity contribution in [3.05, 3.63) is 41.9 Å². The maximum atomic E-state index is 11.7. The predicted molar refractivity (Wildman–Crippen MR) is 93.3 cm³/mol. The Hall–Kier alpha value is -2.32. The summed E-state index contributed by atoms with van der Waals surface area (Å²) >= 11 is 7.12. The number of nitrogens with one attached hydrogen (secondary N) is 2. The number of rotatable bonds is 6. The van der Waals surface area contributed by atoms with Crippen LogP contribution in [-0.4, -0.2) is 32.3 Å². The number of hydrogen-bond donors (Lipinski definition) is 2. The van der Waals surface area contributed by atoms with Crippen LogP contribution in [0.5, 0.6) is 0 Å². The molecule has 0 spiro atoms. The van der Waals surface area contributed by atoms with Gasteiger partial charge in [-0.1, -0.05) is 29.4 Å².